The third kappa shape index (κ3) is 3.32. The predicted molar refractivity (Wildman–Crippen MR) is 72.0 cm³/mol. The molecule has 1 unspecified atom stereocenters. The third-order valence-electron chi connectivity index (χ3n) is 3.05. The van der Waals surface area contributed by atoms with E-state index in [4.69, 9.17) is 9.15 Å². The Labute approximate surface area is 113 Å². The monoisotopic (exact) mass is 261 g/mol. The zero-order valence-electron chi connectivity index (χ0n) is 11.7. The van der Waals surface area contributed by atoms with E-state index in [1.807, 2.05) is 20.0 Å². The fourth-order valence-corrected chi connectivity index (χ4v) is 1.81. The van der Waals surface area contributed by atoms with Crippen molar-refractivity contribution in [1.82, 2.24) is 15.5 Å². The van der Waals surface area contributed by atoms with Gasteiger partial charge in [-0.2, -0.15) is 0 Å². The van der Waals surface area contributed by atoms with E-state index in [0.717, 1.165) is 11.3 Å². The summed E-state index contributed by atoms with van der Waals surface area (Å²) < 4.78 is 11.0. The summed E-state index contributed by atoms with van der Waals surface area (Å²) in [6.07, 6.45) is 0. The minimum atomic E-state index is 0.294. The average molecular weight is 261 g/mol. The summed E-state index contributed by atoms with van der Waals surface area (Å²) in [6.45, 7) is 6.20. The van der Waals surface area contributed by atoms with Gasteiger partial charge in [-0.05, 0) is 38.1 Å². The Morgan fingerprint density at radius 1 is 1.32 bits per heavy atom. The second kappa shape index (κ2) is 5.84. The highest BCUT2D eigenvalue weighted by Crippen LogP contribution is 2.23. The van der Waals surface area contributed by atoms with E-state index in [2.05, 4.69) is 34.6 Å². The molecule has 1 aromatic carbocycles. The topological polar surface area (TPSA) is 60.2 Å². The first-order valence-corrected chi connectivity index (χ1v) is 6.29. The molecule has 1 N–H and O–H groups in total. The molecule has 5 heteroatoms. The van der Waals surface area contributed by atoms with Gasteiger partial charge in [0.1, 0.15) is 5.75 Å². The molecule has 0 aliphatic rings. The third-order valence-corrected chi connectivity index (χ3v) is 3.05. The van der Waals surface area contributed by atoms with Gasteiger partial charge in [0.25, 0.3) is 5.89 Å². The van der Waals surface area contributed by atoms with Gasteiger partial charge in [-0.15, -0.1) is 10.2 Å². The highest BCUT2D eigenvalue weighted by molar-refractivity contribution is 5.37. The van der Waals surface area contributed by atoms with Gasteiger partial charge >= 0.3 is 0 Å². The van der Waals surface area contributed by atoms with Crippen molar-refractivity contribution in [2.24, 2.45) is 0 Å². The van der Waals surface area contributed by atoms with Crippen LogP contribution >= 0.6 is 0 Å². The SMILES string of the molecule is CNC(C)c1ccc(OCc2nnc(C)o2)c(C)c1. The second-order valence-corrected chi connectivity index (χ2v) is 4.54. The van der Waals surface area contributed by atoms with E-state index < -0.39 is 0 Å². The Hall–Kier alpha value is -1.88. The van der Waals surface area contributed by atoms with Crippen LogP contribution in [0.25, 0.3) is 0 Å². The van der Waals surface area contributed by atoms with Gasteiger partial charge < -0.3 is 14.5 Å². The zero-order valence-corrected chi connectivity index (χ0v) is 11.7. The summed E-state index contributed by atoms with van der Waals surface area (Å²) in [4.78, 5) is 0. The van der Waals surface area contributed by atoms with Crippen molar-refractivity contribution >= 4 is 0 Å². The molecule has 0 aliphatic heterocycles. The van der Waals surface area contributed by atoms with Crippen molar-refractivity contribution in [3.05, 3.63) is 41.1 Å². The molecule has 2 aromatic rings. The summed E-state index contributed by atoms with van der Waals surface area (Å²) in [5.74, 6) is 1.88. The summed E-state index contributed by atoms with van der Waals surface area (Å²) in [5, 5.41) is 10.9. The minimum Gasteiger partial charge on any atom is -0.484 e. The number of hydrogen-bond acceptors (Lipinski definition) is 5. The average Bonchev–Trinajstić information content (AvgIpc) is 2.82. The quantitative estimate of drug-likeness (QED) is 0.896. The highest BCUT2D eigenvalue weighted by atomic mass is 16.5. The molecule has 0 saturated carbocycles. The number of aryl methyl sites for hydroxylation is 2. The number of aromatic nitrogens is 2. The molecule has 2 rings (SSSR count). The highest BCUT2D eigenvalue weighted by Gasteiger charge is 2.08. The van der Waals surface area contributed by atoms with Gasteiger partial charge in [-0.25, -0.2) is 0 Å². The number of nitrogens with one attached hydrogen (secondary N) is 1. The Bertz CT molecular complexity index is 551. The van der Waals surface area contributed by atoms with Crippen LogP contribution < -0.4 is 10.1 Å². The zero-order chi connectivity index (χ0) is 13.8. The normalized spacial score (nSPS) is 12.4. The fourth-order valence-electron chi connectivity index (χ4n) is 1.81. The lowest BCUT2D eigenvalue weighted by molar-refractivity contribution is 0.259. The Morgan fingerprint density at radius 2 is 2.11 bits per heavy atom. The van der Waals surface area contributed by atoms with E-state index in [9.17, 15) is 0 Å². The Morgan fingerprint density at radius 3 is 2.68 bits per heavy atom. The molecule has 19 heavy (non-hydrogen) atoms. The first-order chi connectivity index (χ1) is 9.10. The van der Waals surface area contributed by atoms with Gasteiger partial charge in [0.15, 0.2) is 6.61 Å². The van der Waals surface area contributed by atoms with Crippen LogP contribution in [0.2, 0.25) is 0 Å². The van der Waals surface area contributed by atoms with Crippen LogP contribution in [0, 0.1) is 13.8 Å². The summed E-state index contributed by atoms with van der Waals surface area (Å²) >= 11 is 0. The maximum Gasteiger partial charge on any atom is 0.253 e. The van der Waals surface area contributed by atoms with E-state index >= 15 is 0 Å². The van der Waals surface area contributed by atoms with Gasteiger partial charge in [-0.3, -0.25) is 0 Å². The standard InChI is InChI=1S/C14H19N3O2/c1-9-7-12(10(2)15-4)5-6-13(9)18-8-14-17-16-11(3)19-14/h5-7,10,15H,8H2,1-4H3. The number of ether oxygens (including phenoxy) is 1. The largest absolute Gasteiger partial charge is 0.484 e. The van der Waals surface area contributed by atoms with E-state index in [-0.39, 0.29) is 0 Å². The minimum absolute atomic E-state index is 0.294. The lowest BCUT2D eigenvalue weighted by atomic mass is 10.1. The van der Waals surface area contributed by atoms with Crippen LogP contribution in [-0.4, -0.2) is 17.2 Å². The van der Waals surface area contributed by atoms with Crippen LogP contribution in [0.1, 0.15) is 35.9 Å². The molecule has 0 saturated heterocycles. The van der Waals surface area contributed by atoms with Crippen molar-refractivity contribution in [2.75, 3.05) is 7.05 Å². The van der Waals surface area contributed by atoms with E-state index in [1.54, 1.807) is 6.92 Å². The van der Waals surface area contributed by atoms with Crippen LogP contribution in [0.3, 0.4) is 0 Å². The maximum absolute atomic E-state index is 5.69. The number of nitrogens with zero attached hydrogens (tertiary/aromatic N) is 2. The Balaban J connectivity index is 2.05. The number of benzene rings is 1. The molecule has 0 amide bonds. The second-order valence-electron chi connectivity index (χ2n) is 4.54. The van der Waals surface area contributed by atoms with Gasteiger partial charge in [-0.1, -0.05) is 12.1 Å². The van der Waals surface area contributed by atoms with Crippen LogP contribution in [0.5, 0.6) is 5.75 Å². The smallest absolute Gasteiger partial charge is 0.253 e. The summed E-state index contributed by atoms with van der Waals surface area (Å²) in [5.41, 5.74) is 2.33. The van der Waals surface area contributed by atoms with Crippen molar-refractivity contribution in [1.29, 1.82) is 0 Å². The first-order valence-electron chi connectivity index (χ1n) is 6.29. The van der Waals surface area contributed by atoms with Crippen molar-refractivity contribution in [2.45, 2.75) is 33.4 Å². The molecule has 0 radical (unpaired) electrons. The van der Waals surface area contributed by atoms with Crippen LogP contribution in [0.15, 0.2) is 22.6 Å². The molecule has 102 valence electrons. The summed E-state index contributed by atoms with van der Waals surface area (Å²) in [7, 11) is 1.95. The van der Waals surface area contributed by atoms with Gasteiger partial charge in [0.05, 0.1) is 0 Å². The first kappa shape index (κ1) is 13.5. The molecule has 0 aliphatic carbocycles. The fraction of sp³-hybridized carbons (Fsp3) is 0.429. The van der Waals surface area contributed by atoms with E-state index in [1.165, 1.54) is 5.56 Å². The molecular formula is C14H19N3O2. The van der Waals surface area contributed by atoms with Crippen molar-refractivity contribution < 1.29 is 9.15 Å². The Kier molecular flexibility index (Phi) is 4.16. The van der Waals surface area contributed by atoms with Crippen molar-refractivity contribution in [3.63, 3.8) is 0 Å². The molecule has 1 atom stereocenters. The van der Waals surface area contributed by atoms with Crippen molar-refractivity contribution in [3.8, 4) is 5.75 Å². The predicted octanol–water partition coefficient (Wildman–Crippen LogP) is 2.55. The summed E-state index contributed by atoms with van der Waals surface area (Å²) in [6, 6.07) is 6.48. The molecule has 0 spiro atoms. The molecule has 5 nitrogen and oxygen atoms in total. The lowest BCUT2D eigenvalue weighted by Gasteiger charge is -2.13. The molecule has 1 heterocycles. The lowest BCUT2D eigenvalue weighted by Crippen LogP contribution is -2.12. The number of hydrogen-bond donors (Lipinski definition) is 1. The molecular weight excluding hydrogens is 242 g/mol. The van der Waals surface area contributed by atoms with Gasteiger partial charge in [0, 0.05) is 13.0 Å². The maximum atomic E-state index is 5.69. The van der Waals surface area contributed by atoms with Crippen LogP contribution in [-0.2, 0) is 6.61 Å². The van der Waals surface area contributed by atoms with Gasteiger partial charge in [0.2, 0.25) is 5.89 Å². The number of rotatable bonds is 5. The molecule has 1 aromatic heterocycles. The van der Waals surface area contributed by atoms with E-state index in [0.29, 0.717) is 24.4 Å². The molecule has 0 bridgehead atoms. The molecule has 0 fully saturated rings. The van der Waals surface area contributed by atoms with Crippen LogP contribution in [0.4, 0.5) is 0 Å².